The number of nitrogens with zero attached hydrogens (tertiary/aromatic N) is 3. The molecule has 2 fully saturated rings. The number of carbonyl (C=O) groups excluding carboxylic acids is 2. The highest BCUT2D eigenvalue weighted by molar-refractivity contribution is 7.59. The van der Waals surface area contributed by atoms with Crippen LogP contribution in [0.5, 0.6) is 0 Å². The molecule has 264 valence electrons. The van der Waals surface area contributed by atoms with Crippen molar-refractivity contribution in [3.8, 4) is 0 Å². The van der Waals surface area contributed by atoms with Crippen LogP contribution in [0.15, 0.2) is 18.6 Å². The Morgan fingerprint density at radius 1 is 0.936 bits per heavy atom. The van der Waals surface area contributed by atoms with Crippen molar-refractivity contribution in [2.45, 2.75) is 135 Å². The molecule has 47 heavy (non-hydrogen) atoms. The molecule has 4 N–H and O–H groups in total. The fourth-order valence-electron chi connectivity index (χ4n) is 6.57. The summed E-state index contributed by atoms with van der Waals surface area (Å²) in [5.74, 6) is -0.843. The van der Waals surface area contributed by atoms with Crippen LogP contribution >= 0.6 is 7.44 Å². The Bertz CT molecular complexity index is 1330. The summed E-state index contributed by atoms with van der Waals surface area (Å²) in [5, 5.41) is 6.51. The van der Waals surface area contributed by atoms with Gasteiger partial charge in [0, 0.05) is 6.20 Å². The minimum atomic E-state index is -3.73. The van der Waals surface area contributed by atoms with E-state index in [1.165, 1.54) is 0 Å². The molecule has 12 nitrogen and oxygen atoms in total. The lowest BCUT2D eigenvalue weighted by molar-refractivity contribution is -0.148. The summed E-state index contributed by atoms with van der Waals surface area (Å²) in [6, 6.07) is 1.70. The number of pyridine rings is 1. The summed E-state index contributed by atoms with van der Waals surface area (Å²) < 4.78 is 34.6. The molecule has 0 saturated heterocycles. The van der Waals surface area contributed by atoms with E-state index in [-0.39, 0.29) is 30.1 Å². The molecule has 5 atom stereocenters. The van der Waals surface area contributed by atoms with E-state index >= 15 is 4.57 Å². The summed E-state index contributed by atoms with van der Waals surface area (Å²) >= 11 is 0. The van der Waals surface area contributed by atoms with Crippen molar-refractivity contribution in [2.24, 2.45) is 11.8 Å². The fraction of sp³-hybridized carbons (Fsp3) is 0.765. The lowest BCUT2D eigenvalue weighted by atomic mass is 10.2. The number of esters is 2. The van der Waals surface area contributed by atoms with Gasteiger partial charge in [-0.1, -0.05) is 79.1 Å². The second-order valence-electron chi connectivity index (χ2n) is 13.5. The molecule has 2 saturated carbocycles. The molecule has 4 rings (SSSR count). The molecule has 0 unspecified atom stereocenters. The van der Waals surface area contributed by atoms with E-state index in [0.29, 0.717) is 49.5 Å². The maximum Gasteiger partial charge on any atom is 0.327 e. The van der Waals surface area contributed by atoms with Crippen molar-refractivity contribution in [1.29, 1.82) is 0 Å². The highest BCUT2D eigenvalue weighted by Gasteiger charge is 2.67. The third-order valence-corrected chi connectivity index (χ3v) is 11.7. The molecule has 0 aromatic carbocycles. The first-order chi connectivity index (χ1) is 22.6. The van der Waals surface area contributed by atoms with Crippen LogP contribution in [0.4, 0.5) is 5.69 Å². The van der Waals surface area contributed by atoms with Crippen LogP contribution in [0.25, 0.3) is 11.2 Å². The molecular formula is C34H57N6O6P. The van der Waals surface area contributed by atoms with Crippen LogP contribution in [-0.2, 0) is 34.9 Å². The number of unbranched alkanes of at least 4 members (excludes halogenated alkanes) is 6. The summed E-state index contributed by atoms with van der Waals surface area (Å²) in [4.78, 5) is 36.0. The smallest absolute Gasteiger partial charge is 0.327 e. The van der Waals surface area contributed by atoms with Crippen LogP contribution in [0.2, 0.25) is 0 Å². The Kier molecular flexibility index (Phi) is 13.3. The van der Waals surface area contributed by atoms with E-state index in [4.69, 9.17) is 19.9 Å². The van der Waals surface area contributed by atoms with Crippen molar-refractivity contribution in [3.63, 3.8) is 0 Å². The van der Waals surface area contributed by atoms with Crippen molar-refractivity contribution in [3.05, 3.63) is 18.6 Å². The van der Waals surface area contributed by atoms with Gasteiger partial charge in [-0.3, -0.25) is 14.2 Å². The molecular weight excluding hydrogens is 619 g/mol. The number of nitrogens with one attached hydrogen (secondary N) is 2. The molecule has 13 heteroatoms. The lowest BCUT2D eigenvalue weighted by Gasteiger charge is -2.31. The maximum absolute atomic E-state index is 15.0. The van der Waals surface area contributed by atoms with Gasteiger partial charge in [0.1, 0.15) is 22.9 Å². The van der Waals surface area contributed by atoms with Gasteiger partial charge in [0.05, 0.1) is 37.9 Å². The first-order valence-electron chi connectivity index (χ1n) is 17.8. The standard InChI is InChI=1S/C34H57N6O6P/c1-6-10-12-14-18-44-31(41)33(20-26(33)8-3)38-47(43,39-34(21-27(34)9-4)32(42)45-19-15-13-11-7-2)24-46-25(5)22-40-23-37-29-28(35)16-17-36-30(29)40/h16-17,23,25-27H,6-15,18-22,24H2,1-5H3,(H2,35,36)(H2,38,39,43)/t25-,26-,27-,33-,34-/m1/s1. The largest absolute Gasteiger partial charge is 0.464 e. The van der Waals surface area contributed by atoms with E-state index < -0.39 is 24.6 Å². The number of carbonyl (C=O) groups is 2. The van der Waals surface area contributed by atoms with Crippen LogP contribution in [0, 0.1) is 11.8 Å². The molecule has 0 radical (unpaired) electrons. The Labute approximate surface area is 280 Å². The van der Waals surface area contributed by atoms with Crippen molar-refractivity contribution in [2.75, 3.05) is 25.3 Å². The van der Waals surface area contributed by atoms with Gasteiger partial charge in [0.25, 0.3) is 0 Å². The van der Waals surface area contributed by atoms with E-state index in [9.17, 15) is 9.59 Å². The number of fused-ring (bicyclic) bond motifs is 1. The maximum atomic E-state index is 15.0. The number of imidazole rings is 1. The first kappa shape index (κ1) is 37.3. The molecule has 0 bridgehead atoms. The number of nitrogen functional groups attached to an aromatic ring is 1. The van der Waals surface area contributed by atoms with E-state index in [1.54, 1.807) is 18.6 Å². The molecule has 0 aliphatic heterocycles. The Morgan fingerprint density at radius 2 is 1.49 bits per heavy atom. The van der Waals surface area contributed by atoms with Gasteiger partial charge in [-0.25, -0.2) is 20.1 Å². The summed E-state index contributed by atoms with van der Waals surface area (Å²) in [7, 11) is -3.73. The molecule has 0 spiro atoms. The molecule has 2 aromatic rings. The number of hydrogen-bond donors (Lipinski definition) is 3. The number of nitrogens with two attached hydrogens (primary N) is 1. The van der Waals surface area contributed by atoms with E-state index in [1.807, 2.05) is 25.3 Å². The third kappa shape index (κ3) is 9.13. The van der Waals surface area contributed by atoms with Crippen molar-refractivity contribution >= 4 is 36.2 Å². The van der Waals surface area contributed by atoms with Gasteiger partial charge in [-0.15, -0.1) is 0 Å². The Morgan fingerprint density at radius 3 is 1.98 bits per heavy atom. The molecule has 2 heterocycles. The molecule has 0 amide bonds. The predicted molar refractivity (Wildman–Crippen MR) is 184 cm³/mol. The third-order valence-electron chi connectivity index (χ3n) is 9.68. The van der Waals surface area contributed by atoms with Gasteiger partial charge in [-0.2, -0.15) is 0 Å². The zero-order valence-corrected chi connectivity index (χ0v) is 30.0. The number of aromatic nitrogens is 3. The van der Waals surface area contributed by atoms with Crippen LogP contribution in [0.1, 0.15) is 112 Å². The average Bonchev–Trinajstić information content (AvgIpc) is 3.92. The van der Waals surface area contributed by atoms with Gasteiger partial charge >= 0.3 is 11.9 Å². The number of rotatable bonds is 23. The van der Waals surface area contributed by atoms with Gasteiger partial charge in [0.15, 0.2) is 5.65 Å². The normalized spacial score (nSPS) is 24.3. The van der Waals surface area contributed by atoms with Crippen LogP contribution < -0.4 is 15.9 Å². The predicted octanol–water partition coefficient (Wildman–Crippen LogP) is 6.33. The number of anilines is 1. The zero-order valence-electron chi connectivity index (χ0n) is 29.1. The second kappa shape index (κ2) is 16.7. The summed E-state index contributed by atoms with van der Waals surface area (Å²) in [5.41, 5.74) is 5.65. The second-order valence-corrected chi connectivity index (χ2v) is 15.7. The first-order valence-corrected chi connectivity index (χ1v) is 19.7. The molecule has 2 aromatic heterocycles. The van der Waals surface area contributed by atoms with Gasteiger partial charge < -0.3 is 24.5 Å². The average molecular weight is 677 g/mol. The van der Waals surface area contributed by atoms with E-state index in [2.05, 4.69) is 34.0 Å². The van der Waals surface area contributed by atoms with Crippen molar-refractivity contribution < 1.29 is 28.4 Å². The van der Waals surface area contributed by atoms with Crippen LogP contribution in [0.3, 0.4) is 0 Å². The monoisotopic (exact) mass is 676 g/mol. The van der Waals surface area contributed by atoms with Crippen molar-refractivity contribution in [1.82, 2.24) is 24.7 Å². The fourth-order valence-corrected chi connectivity index (χ4v) is 9.24. The topological polar surface area (TPSA) is 160 Å². The highest BCUT2D eigenvalue weighted by Crippen LogP contribution is 2.58. The Balaban J connectivity index is 1.52. The van der Waals surface area contributed by atoms with Crippen LogP contribution in [-0.4, -0.2) is 63.2 Å². The minimum Gasteiger partial charge on any atom is -0.464 e. The quantitative estimate of drug-likeness (QED) is 0.0685. The summed E-state index contributed by atoms with van der Waals surface area (Å²) in [6.07, 6.45) is 13.0. The summed E-state index contributed by atoms with van der Waals surface area (Å²) in [6.45, 7) is 11.2. The lowest BCUT2D eigenvalue weighted by Crippen LogP contribution is -2.49. The van der Waals surface area contributed by atoms with Gasteiger partial charge in [-0.05, 0) is 50.5 Å². The number of ether oxygens (including phenoxy) is 3. The Hall–Kier alpha value is -2.53. The molecule has 2 aliphatic rings. The van der Waals surface area contributed by atoms with Gasteiger partial charge in [0.2, 0.25) is 7.44 Å². The molecule has 2 aliphatic carbocycles. The minimum absolute atomic E-state index is 0.0327. The SMILES string of the molecule is CCCCCCOC(=O)[C@@]1(NP(=O)(CO[C@H](C)Cn2cnc3c(N)ccnc32)N[C@]2(C(=O)OCCCCCC)C[C@H]2CC)C[C@H]1CC. The van der Waals surface area contributed by atoms with E-state index in [0.717, 1.165) is 64.2 Å². The number of hydrogen-bond acceptors (Lipinski definition) is 9. The zero-order chi connectivity index (χ0) is 34.1. The highest BCUT2D eigenvalue weighted by atomic mass is 31.2.